The Morgan fingerprint density at radius 2 is 2.23 bits per heavy atom. The minimum atomic E-state index is 0.204. The minimum absolute atomic E-state index is 0.204. The summed E-state index contributed by atoms with van der Waals surface area (Å²) in [7, 11) is 0. The molecule has 0 aromatic heterocycles. The molecule has 0 aromatic rings. The van der Waals surface area contributed by atoms with Crippen molar-refractivity contribution in [1.29, 1.82) is 5.41 Å². The molecule has 0 unspecified atom stereocenters. The standard InChI is InChI=1S/C9H16N4/c1-4-8(7(2)3)5-12-9(11)13-6-10/h4-7H,1H2,2-3H3,(H4,10,11,12,13)/b8-5+. The predicted molar refractivity (Wildman–Crippen MR) is 56.7 cm³/mol. The van der Waals surface area contributed by atoms with Gasteiger partial charge in [0.1, 0.15) is 6.34 Å². The second kappa shape index (κ2) is 5.99. The van der Waals surface area contributed by atoms with Crippen LogP contribution in [0.1, 0.15) is 13.8 Å². The third-order valence-electron chi connectivity index (χ3n) is 1.49. The number of nitrogens with one attached hydrogen (secondary N) is 2. The zero-order valence-corrected chi connectivity index (χ0v) is 8.04. The molecule has 0 saturated heterocycles. The molecule has 0 bridgehead atoms. The van der Waals surface area contributed by atoms with Gasteiger partial charge in [-0.2, -0.15) is 0 Å². The second-order valence-corrected chi connectivity index (χ2v) is 2.79. The molecule has 0 aliphatic carbocycles. The fourth-order valence-corrected chi connectivity index (χ4v) is 0.725. The Kier molecular flexibility index (Phi) is 5.27. The summed E-state index contributed by atoms with van der Waals surface area (Å²) in [6.45, 7) is 7.78. The molecule has 0 fully saturated rings. The SMILES string of the molecule is C=C/C(=C\NC(N)=NC=N)C(C)C. The third kappa shape index (κ3) is 4.79. The van der Waals surface area contributed by atoms with E-state index in [-0.39, 0.29) is 5.96 Å². The Labute approximate surface area is 78.8 Å². The lowest BCUT2D eigenvalue weighted by molar-refractivity contribution is 0.785. The first-order valence-corrected chi connectivity index (χ1v) is 4.03. The summed E-state index contributed by atoms with van der Waals surface area (Å²) in [6.07, 6.45) is 4.38. The average Bonchev–Trinajstić information content (AvgIpc) is 2.05. The zero-order chi connectivity index (χ0) is 10.3. The molecule has 13 heavy (non-hydrogen) atoms. The normalized spacial score (nSPS) is 12.8. The summed E-state index contributed by atoms with van der Waals surface area (Å²) < 4.78 is 0. The van der Waals surface area contributed by atoms with E-state index >= 15 is 0 Å². The molecule has 0 saturated carbocycles. The van der Waals surface area contributed by atoms with Gasteiger partial charge in [-0.25, -0.2) is 4.99 Å². The fraction of sp³-hybridized carbons (Fsp3) is 0.333. The highest BCUT2D eigenvalue weighted by molar-refractivity contribution is 5.85. The van der Waals surface area contributed by atoms with Gasteiger partial charge in [0.15, 0.2) is 5.96 Å². The summed E-state index contributed by atoms with van der Waals surface area (Å²) in [5.41, 5.74) is 6.44. The van der Waals surface area contributed by atoms with Crippen LogP contribution < -0.4 is 11.1 Å². The molecule has 4 nitrogen and oxygen atoms in total. The van der Waals surface area contributed by atoms with Crippen LogP contribution in [0.15, 0.2) is 29.4 Å². The molecule has 0 aliphatic rings. The van der Waals surface area contributed by atoms with Crippen LogP contribution in [0.5, 0.6) is 0 Å². The monoisotopic (exact) mass is 180 g/mol. The van der Waals surface area contributed by atoms with Gasteiger partial charge in [-0.1, -0.05) is 26.5 Å². The first kappa shape index (κ1) is 11.4. The molecule has 4 heteroatoms. The van der Waals surface area contributed by atoms with Crippen molar-refractivity contribution < 1.29 is 0 Å². The van der Waals surface area contributed by atoms with Crippen LogP contribution in [0.2, 0.25) is 0 Å². The maximum atomic E-state index is 6.67. The van der Waals surface area contributed by atoms with Crippen molar-refractivity contribution in [3.63, 3.8) is 0 Å². The van der Waals surface area contributed by atoms with Crippen LogP contribution in [0.4, 0.5) is 0 Å². The van der Waals surface area contributed by atoms with Gasteiger partial charge in [-0.15, -0.1) is 0 Å². The van der Waals surface area contributed by atoms with Crippen molar-refractivity contribution in [2.75, 3.05) is 0 Å². The minimum Gasteiger partial charge on any atom is -0.369 e. The first-order chi connectivity index (χ1) is 6.11. The third-order valence-corrected chi connectivity index (χ3v) is 1.49. The van der Waals surface area contributed by atoms with E-state index < -0.39 is 0 Å². The van der Waals surface area contributed by atoms with Crippen LogP contribution in [0, 0.1) is 11.3 Å². The fourth-order valence-electron chi connectivity index (χ4n) is 0.725. The summed E-state index contributed by atoms with van der Waals surface area (Å²) in [5, 5.41) is 9.43. The lowest BCUT2D eigenvalue weighted by Crippen LogP contribution is -2.27. The van der Waals surface area contributed by atoms with Gasteiger partial charge < -0.3 is 11.1 Å². The van der Waals surface area contributed by atoms with Gasteiger partial charge in [0, 0.05) is 6.20 Å². The van der Waals surface area contributed by atoms with Crippen molar-refractivity contribution >= 4 is 12.3 Å². The van der Waals surface area contributed by atoms with Gasteiger partial charge >= 0.3 is 0 Å². The Morgan fingerprint density at radius 1 is 1.62 bits per heavy atom. The van der Waals surface area contributed by atoms with Crippen LogP contribution in [-0.2, 0) is 0 Å². The van der Waals surface area contributed by atoms with E-state index in [1.165, 1.54) is 0 Å². The van der Waals surface area contributed by atoms with Crippen LogP contribution >= 0.6 is 0 Å². The van der Waals surface area contributed by atoms with E-state index in [2.05, 4.69) is 30.7 Å². The molecular weight excluding hydrogens is 164 g/mol. The second-order valence-electron chi connectivity index (χ2n) is 2.79. The quantitative estimate of drug-likeness (QED) is 0.346. The van der Waals surface area contributed by atoms with Crippen molar-refractivity contribution in [2.24, 2.45) is 16.6 Å². The van der Waals surface area contributed by atoms with Gasteiger partial charge in [0.25, 0.3) is 0 Å². The zero-order valence-electron chi connectivity index (χ0n) is 8.04. The van der Waals surface area contributed by atoms with Crippen molar-refractivity contribution in [3.05, 3.63) is 24.4 Å². The predicted octanol–water partition coefficient (Wildman–Crippen LogP) is 1.22. The van der Waals surface area contributed by atoms with E-state index in [1.807, 2.05) is 0 Å². The maximum Gasteiger partial charge on any atom is 0.198 e. The van der Waals surface area contributed by atoms with Crippen LogP contribution in [0.3, 0.4) is 0 Å². The average molecular weight is 180 g/mol. The van der Waals surface area contributed by atoms with E-state index in [9.17, 15) is 0 Å². The number of hydrogen-bond acceptors (Lipinski definition) is 1. The molecule has 4 N–H and O–H groups in total. The number of guanidine groups is 1. The number of rotatable bonds is 4. The lowest BCUT2D eigenvalue weighted by atomic mass is 10.1. The topological polar surface area (TPSA) is 74.3 Å². The van der Waals surface area contributed by atoms with Gasteiger partial charge in [0.05, 0.1) is 0 Å². The number of nitrogens with zero attached hydrogens (tertiary/aromatic N) is 1. The maximum absolute atomic E-state index is 6.67. The molecular formula is C9H16N4. The highest BCUT2D eigenvalue weighted by Crippen LogP contribution is 2.08. The van der Waals surface area contributed by atoms with Gasteiger partial charge in [0.2, 0.25) is 0 Å². The summed E-state index contributed by atoms with van der Waals surface area (Å²) in [6, 6.07) is 0. The number of hydrogen-bond donors (Lipinski definition) is 3. The van der Waals surface area contributed by atoms with E-state index in [1.54, 1.807) is 12.3 Å². The Bertz CT molecular complexity index is 238. The van der Waals surface area contributed by atoms with Crippen molar-refractivity contribution in [2.45, 2.75) is 13.8 Å². The van der Waals surface area contributed by atoms with E-state index in [0.29, 0.717) is 5.92 Å². The van der Waals surface area contributed by atoms with Gasteiger partial charge in [-0.05, 0) is 11.5 Å². The molecule has 0 atom stereocenters. The van der Waals surface area contributed by atoms with Crippen LogP contribution in [0.25, 0.3) is 0 Å². The van der Waals surface area contributed by atoms with E-state index in [0.717, 1.165) is 11.9 Å². The Hall–Kier alpha value is -1.58. The lowest BCUT2D eigenvalue weighted by Gasteiger charge is -2.06. The van der Waals surface area contributed by atoms with Gasteiger partial charge in [-0.3, -0.25) is 5.41 Å². The summed E-state index contributed by atoms with van der Waals surface area (Å²) in [5.74, 6) is 0.591. The largest absolute Gasteiger partial charge is 0.369 e. The number of aliphatic imine (C=N–C) groups is 1. The smallest absolute Gasteiger partial charge is 0.198 e. The Balaban J connectivity index is 4.30. The summed E-state index contributed by atoms with van der Waals surface area (Å²) in [4.78, 5) is 3.54. The highest BCUT2D eigenvalue weighted by Gasteiger charge is 1.97. The van der Waals surface area contributed by atoms with Crippen molar-refractivity contribution in [3.8, 4) is 0 Å². The molecule has 0 heterocycles. The van der Waals surface area contributed by atoms with Crippen molar-refractivity contribution in [1.82, 2.24) is 5.32 Å². The first-order valence-electron chi connectivity index (χ1n) is 4.03. The number of allylic oxidation sites excluding steroid dienone is 2. The molecule has 0 amide bonds. The van der Waals surface area contributed by atoms with E-state index in [4.69, 9.17) is 11.1 Å². The number of nitrogens with two attached hydrogens (primary N) is 1. The Morgan fingerprint density at radius 3 is 2.62 bits per heavy atom. The summed E-state index contributed by atoms with van der Waals surface area (Å²) >= 11 is 0. The highest BCUT2D eigenvalue weighted by atomic mass is 15.1. The molecule has 0 spiro atoms. The van der Waals surface area contributed by atoms with Crippen LogP contribution in [-0.4, -0.2) is 12.3 Å². The molecule has 72 valence electrons. The molecule has 0 aromatic carbocycles. The molecule has 0 radical (unpaired) electrons. The molecule has 0 rings (SSSR count). The molecule has 0 aliphatic heterocycles.